The van der Waals surface area contributed by atoms with Crippen LogP contribution in [0.4, 0.5) is 5.69 Å². The normalized spacial score (nSPS) is 10.7. The molecule has 3 aromatic rings. The molecule has 2 aromatic carbocycles. The average molecular weight is 336 g/mol. The van der Waals surface area contributed by atoms with E-state index < -0.39 is 5.91 Å². The number of carbonyl (C=O) groups is 1. The summed E-state index contributed by atoms with van der Waals surface area (Å²) in [6.07, 6.45) is 4.75. The Morgan fingerprint density at radius 2 is 1.96 bits per heavy atom. The quantitative estimate of drug-likeness (QED) is 0.510. The Morgan fingerprint density at radius 1 is 1.20 bits per heavy atom. The average Bonchev–Trinajstić information content (AvgIpc) is 3.16. The highest BCUT2D eigenvalue weighted by Gasteiger charge is 2.00. The number of hydrogen-bond donors (Lipinski definition) is 2. The van der Waals surface area contributed by atoms with E-state index in [1.165, 1.54) is 6.39 Å². The molecule has 126 valence electrons. The van der Waals surface area contributed by atoms with Crippen LogP contribution in [-0.2, 0) is 4.79 Å². The number of carbonyl (C=O) groups excluding carboxylic acids is 1. The number of aromatic nitrogens is 1. The first-order valence-corrected chi connectivity index (χ1v) is 7.50. The van der Waals surface area contributed by atoms with Crippen molar-refractivity contribution in [2.45, 2.75) is 0 Å². The molecule has 0 saturated carbocycles. The van der Waals surface area contributed by atoms with Gasteiger partial charge in [-0.1, -0.05) is 0 Å². The summed E-state index contributed by atoms with van der Waals surface area (Å²) in [6, 6.07) is 14.8. The lowest BCUT2D eigenvalue weighted by Gasteiger charge is -2.03. The summed E-state index contributed by atoms with van der Waals surface area (Å²) < 4.78 is 10.4. The molecule has 0 aliphatic heterocycles. The summed E-state index contributed by atoms with van der Waals surface area (Å²) in [5, 5.41) is 4.18. The van der Waals surface area contributed by atoms with Gasteiger partial charge in [-0.05, 0) is 54.1 Å². The predicted octanol–water partition coefficient (Wildman–Crippen LogP) is 2.65. The van der Waals surface area contributed by atoms with E-state index in [4.69, 9.17) is 14.9 Å². The summed E-state index contributed by atoms with van der Waals surface area (Å²) in [7, 11) is 0. The number of nitrogens with two attached hydrogens (primary N) is 1. The van der Waals surface area contributed by atoms with Crippen molar-refractivity contribution in [3.8, 4) is 17.1 Å². The van der Waals surface area contributed by atoms with Crippen molar-refractivity contribution < 1.29 is 13.9 Å². The van der Waals surface area contributed by atoms with E-state index >= 15 is 0 Å². The molecule has 7 nitrogen and oxygen atoms in total. The Bertz CT molecular complexity index is 841. The smallest absolute Gasteiger partial charge is 0.255 e. The second kappa shape index (κ2) is 7.78. The van der Waals surface area contributed by atoms with Crippen LogP contribution >= 0.6 is 0 Å². The van der Waals surface area contributed by atoms with Gasteiger partial charge in [0, 0.05) is 5.56 Å². The van der Waals surface area contributed by atoms with Gasteiger partial charge in [0.2, 0.25) is 0 Å². The first kappa shape index (κ1) is 16.3. The van der Waals surface area contributed by atoms with E-state index in [0.717, 1.165) is 16.8 Å². The van der Waals surface area contributed by atoms with Crippen LogP contribution in [-0.4, -0.2) is 23.7 Å². The molecule has 0 bridgehead atoms. The van der Waals surface area contributed by atoms with E-state index in [1.54, 1.807) is 24.5 Å². The molecule has 0 atom stereocenters. The molecule has 0 aliphatic rings. The lowest BCUT2D eigenvalue weighted by atomic mass is 10.2. The van der Waals surface area contributed by atoms with Crippen molar-refractivity contribution in [1.29, 1.82) is 0 Å². The number of anilines is 1. The highest BCUT2D eigenvalue weighted by molar-refractivity contribution is 5.80. The molecular weight excluding hydrogens is 320 g/mol. The SMILES string of the molecule is NC(=O)COc1ccc(/C=N/Nc2ccc(-c3cnco3)cc2)cc1. The van der Waals surface area contributed by atoms with Crippen LogP contribution in [0.2, 0.25) is 0 Å². The molecule has 1 amide bonds. The Morgan fingerprint density at radius 3 is 2.60 bits per heavy atom. The van der Waals surface area contributed by atoms with Crippen LogP contribution in [0.3, 0.4) is 0 Å². The Hall–Kier alpha value is -3.61. The van der Waals surface area contributed by atoms with Crippen LogP contribution in [0, 0.1) is 0 Å². The van der Waals surface area contributed by atoms with Gasteiger partial charge in [0.25, 0.3) is 5.91 Å². The van der Waals surface area contributed by atoms with Crippen molar-refractivity contribution in [1.82, 2.24) is 4.98 Å². The van der Waals surface area contributed by atoms with Crippen LogP contribution in [0.15, 0.2) is 70.6 Å². The third-order valence-electron chi connectivity index (χ3n) is 3.27. The lowest BCUT2D eigenvalue weighted by molar-refractivity contribution is -0.119. The van der Waals surface area contributed by atoms with Gasteiger partial charge >= 0.3 is 0 Å². The van der Waals surface area contributed by atoms with E-state index in [0.29, 0.717) is 11.5 Å². The predicted molar refractivity (Wildman–Crippen MR) is 94.3 cm³/mol. The maximum atomic E-state index is 10.7. The summed E-state index contributed by atoms with van der Waals surface area (Å²) in [6.45, 7) is -0.140. The number of ether oxygens (including phenoxy) is 1. The number of nitrogens with one attached hydrogen (secondary N) is 1. The number of amides is 1. The van der Waals surface area contributed by atoms with Crippen LogP contribution in [0.1, 0.15) is 5.56 Å². The summed E-state index contributed by atoms with van der Waals surface area (Å²) in [5.41, 5.74) is 10.7. The van der Waals surface area contributed by atoms with Crippen molar-refractivity contribution in [3.05, 3.63) is 66.7 Å². The minimum Gasteiger partial charge on any atom is -0.484 e. The molecule has 0 unspecified atom stereocenters. The number of primary amides is 1. The maximum absolute atomic E-state index is 10.7. The molecule has 0 saturated heterocycles. The van der Waals surface area contributed by atoms with Gasteiger partial charge in [-0.2, -0.15) is 5.10 Å². The first-order chi connectivity index (χ1) is 12.2. The van der Waals surface area contributed by atoms with Gasteiger partial charge in [0.1, 0.15) is 5.75 Å². The lowest BCUT2D eigenvalue weighted by Crippen LogP contribution is -2.19. The van der Waals surface area contributed by atoms with Crippen molar-refractivity contribution in [2.24, 2.45) is 10.8 Å². The monoisotopic (exact) mass is 336 g/mol. The first-order valence-electron chi connectivity index (χ1n) is 7.50. The van der Waals surface area contributed by atoms with Gasteiger partial charge in [-0.3, -0.25) is 10.2 Å². The number of rotatable bonds is 7. The number of benzene rings is 2. The Kier molecular flexibility index (Phi) is 5.06. The second-order valence-corrected chi connectivity index (χ2v) is 5.14. The summed E-state index contributed by atoms with van der Waals surface area (Å²) in [4.78, 5) is 14.6. The molecule has 0 aliphatic carbocycles. The molecule has 25 heavy (non-hydrogen) atoms. The zero-order valence-electron chi connectivity index (χ0n) is 13.3. The Labute approximate surface area is 144 Å². The topological polar surface area (TPSA) is 103 Å². The minimum absolute atomic E-state index is 0.140. The van der Waals surface area contributed by atoms with Gasteiger partial charge < -0.3 is 14.9 Å². The third-order valence-corrected chi connectivity index (χ3v) is 3.27. The van der Waals surface area contributed by atoms with Gasteiger partial charge in [0.05, 0.1) is 18.1 Å². The second-order valence-electron chi connectivity index (χ2n) is 5.14. The molecule has 0 fully saturated rings. The zero-order valence-corrected chi connectivity index (χ0v) is 13.3. The largest absolute Gasteiger partial charge is 0.484 e. The van der Waals surface area contributed by atoms with E-state index in [1.807, 2.05) is 36.4 Å². The fraction of sp³-hybridized carbons (Fsp3) is 0.0556. The molecule has 1 aromatic heterocycles. The van der Waals surface area contributed by atoms with E-state index in [9.17, 15) is 4.79 Å². The molecule has 7 heteroatoms. The maximum Gasteiger partial charge on any atom is 0.255 e. The molecule has 3 N–H and O–H groups in total. The van der Waals surface area contributed by atoms with Crippen molar-refractivity contribution >= 4 is 17.8 Å². The van der Waals surface area contributed by atoms with Crippen LogP contribution in [0.25, 0.3) is 11.3 Å². The van der Waals surface area contributed by atoms with E-state index in [-0.39, 0.29) is 6.61 Å². The molecule has 0 spiro atoms. The van der Waals surface area contributed by atoms with Crippen molar-refractivity contribution in [2.75, 3.05) is 12.0 Å². The molecular formula is C18H16N4O3. The number of hydrogen-bond acceptors (Lipinski definition) is 6. The summed E-state index contributed by atoms with van der Waals surface area (Å²) in [5.74, 6) is 0.782. The van der Waals surface area contributed by atoms with Crippen LogP contribution in [0.5, 0.6) is 5.75 Å². The fourth-order valence-electron chi connectivity index (χ4n) is 2.05. The Balaban J connectivity index is 1.55. The number of nitrogens with zero attached hydrogens (tertiary/aromatic N) is 2. The van der Waals surface area contributed by atoms with Crippen LogP contribution < -0.4 is 15.9 Å². The standard InChI is InChI=1S/C18H16N4O3/c19-18(23)11-24-16-7-1-13(2-8-16)9-21-22-15-5-3-14(4-6-15)17-10-20-12-25-17/h1-10,12,22H,11H2,(H2,19,23)/b21-9+. The molecule has 3 rings (SSSR count). The van der Waals surface area contributed by atoms with E-state index in [2.05, 4.69) is 15.5 Å². The molecule has 0 radical (unpaired) electrons. The van der Waals surface area contributed by atoms with Crippen molar-refractivity contribution in [3.63, 3.8) is 0 Å². The van der Waals surface area contributed by atoms with Gasteiger partial charge in [0.15, 0.2) is 18.8 Å². The van der Waals surface area contributed by atoms with Gasteiger partial charge in [-0.15, -0.1) is 0 Å². The fourth-order valence-corrected chi connectivity index (χ4v) is 2.05. The number of hydrazone groups is 1. The minimum atomic E-state index is -0.510. The molecule has 1 heterocycles. The highest BCUT2D eigenvalue weighted by Crippen LogP contribution is 2.20. The highest BCUT2D eigenvalue weighted by atomic mass is 16.5. The zero-order chi connectivity index (χ0) is 17.5. The third kappa shape index (κ3) is 4.68. The summed E-state index contributed by atoms with van der Waals surface area (Å²) >= 11 is 0. The van der Waals surface area contributed by atoms with Gasteiger partial charge in [-0.25, -0.2) is 4.98 Å². The number of oxazole rings is 1.